The number of anilines is 1. The zero-order valence-corrected chi connectivity index (χ0v) is 12.3. The van der Waals surface area contributed by atoms with E-state index in [1.165, 1.54) is 19.2 Å². The molecule has 6 heteroatoms. The lowest BCUT2D eigenvalue weighted by molar-refractivity contribution is 0.378. The molecule has 2 atom stereocenters. The monoisotopic (exact) mass is 367 g/mol. The van der Waals surface area contributed by atoms with E-state index in [1.807, 2.05) is 22.6 Å². The highest BCUT2D eigenvalue weighted by Gasteiger charge is 2.20. The van der Waals surface area contributed by atoms with Crippen LogP contribution in [-0.4, -0.2) is 21.9 Å². The summed E-state index contributed by atoms with van der Waals surface area (Å²) in [6.45, 7) is 0.843. The summed E-state index contributed by atoms with van der Waals surface area (Å²) in [6, 6.07) is 0. The predicted octanol–water partition coefficient (Wildman–Crippen LogP) is 2.58. The van der Waals surface area contributed by atoms with E-state index in [0.29, 0.717) is 20.7 Å². The fourth-order valence-corrected chi connectivity index (χ4v) is 3.05. The third kappa shape index (κ3) is 3.58. The molecule has 0 amide bonds. The lowest BCUT2D eigenvalue weighted by Crippen LogP contribution is -2.24. The highest BCUT2D eigenvalue weighted by atomic mass is 127. The van der Waals surface area contributed by atoms with Crippen molar-refractivity contribution < 1.29 is 0 Å². The first-order valence-electron chi connectivity index (χ1n) is 5.78. The van der Waals surface area contributed by atoms with Gasteiger partial charge in [-0.1, -0.05) is 6.42 Å². The molecule has 0 saturated heterocycles. The first kappa shape index (κ1) is 13.1. The number of hydrogen-bond donors (Lipinski definition) is 2. The summed E-state index contributed by atoms with van der Waals surface area (Å²) >= 11 is 8.16. The summed E-state index contributed by atoms with van der Waals surface area (Å²) in [5, 5.41) is 3.55. The van der Waals surface area contributed by atoms with Gasteiger partial charge in [-0.3, -0.25) is 4.79 Å². The van der Waals surface area contributed by atoms with E-state index in [1.54, 1.807) is 0 Å². The minimum absolute atomic E-state index is 0.0954. The van der Waals surface area contributed by atoms with Crippen LogP contribution in [0.15, 0.2) is 11.1 Å². The average molecular weight is 368 g/mol. The summed E-state index contributed by atoms with van der Waals surface area (Å²) in [5.74, 6) is 1.26. The van der Waals surface area contributed by atoms with Crippen LogP contribution in [0.5, 0.6) is 0 Å². The van der Waals surface area contributed by atoms with Crippen LogP contribution in [0.4, 0.5) is 5.82 Å². The second-order valence-electron chi connectivity index (χ2n) is 4.41. The van der Waals surface area contributed by atoms with Crippen molar-refractivity contribution in [1.29, 1.82) is 0 Å². The Hall–Kier alpha value is -0.300. The van der Waals surface area contributed by atoms with Gasteiger partial charge in [-0.05, 0) is 47.8 Å². The van der Waals surface area contributed by atoms with Crippen LogP contribution in [0.25, 0.3) is 0 Å². The summed E-state index contributed by atoms with van der Waals surface area (Å²) in [5.41, 5.74) is -0.0954. The van der Waals surface area contributed by atoms with Gasteiger partial charge in [0.25, 0.3) is 5.56 Å². The van der Waals surface area contributed by atoms with E-state index in [9.17, 15) is 4.79 Å². The molecule has 0 bridgehead atoms. The topological polar surface area (TPSA) is 57.8 Å². The zero-order valence-electron chi connectivity index (χ0n) is 9.38. The molecular weight excluding hydrogens is 352 g/mol. The zero-order chi connectivity index (χ0) is 12.3. The lowest BCUT2D eigenvalue weighted by Gasteiger charge is -2.25. The van der Waals surface area contributed by atoms with E-state index in [-0.39, 0.29) is 5.56 Å². The summed E-state index contributed by atoms with van der Waals surface area (Å²) in [4.78, 5) is 18.1. The molecule has 1 fully saturated rings. The van der Waals surface area contributed by atoms with Crippen molar-refractivity contribution in [3.8, 4) is 0 Å². The minimum atomic E-state index is -0.0954. The van der Waals surface area contributed by atoms with Crippen LogP contribution >= 0.6 is 34.2 Å². The van der Waals surface area contributed by atoms with E-state index in [0.717, 1.165) is 19.4 Å². The van der Waals surface area contributed by atoms with Crippen molar-refractivity contribution in [2.45, 2.75) is 31.1 Å². The Morgan fingerprint density at radius 2 is 2.41 bits per heavy atom. The average Bonchev–Trinajstić information content (AvgIpc) is 2.31. The molecule has 2 unspecified atom stereocenters. The van der Waals surface area contributed by atoms with Crippen LogP contribution in [0, 0.1) is 9.49 Å². The molecule has 0 aliphatic heterocycles. The third-order valence-corrected chi connectivity index (χ3v) is 4.47. The summed E-state index contributed by atoms with van der Waals surface area (Å²) < 4.78 is 0.614. The third-order valence-electron chi connectivity index (χ3n) is 3.07. The standard InChI is InChI=1S/C11H15ClIN3O/c12-8-3-1-2-7(4-8)5-14-10-9(13)11(17)16-6-15-10/h6-8H,1-5H2,(H2,14,15,16,17). The molecule has 0 radical (unpaired) electrons. The first-order chi connectivity index (χ1) is 8.16. The summed E-state index contributed by atoms with van der Waals surface area (Å²) in [7, 11) is 0. The second kappa shape index (κ2) is 6.04. The van der Waals surface area contributed by atoms with Gasteiger partial charge in [-0.25, -0.2) is 4.98 Å². The molecule has 94 valence electrons. The molecular formula is C11H15ClIN3O. The van der Waals surface area contributed by atoms with Crippen LogP contribution in [-0.2, 0) is 0 Å². The molecule has 1 aromatic heterocycles. The van der Waals surface area contributed by atoms with Crippen molar-refractivity contribution in [2.24, 2.45) is 5.92 Å². The quantitative estimate of drug-likeness (QED) is 0.638. The minimum Gasteiger partial charge on any atom is -0.369 e. The van der Waals surface area contributed by atoms with Crippen molar-refractivity contribution in [1.82, 2.24) is 9.97 Å². The van der Waals surface area contributed by atoms with Crippen molar-refractivity contribution in [3.63, 3.8) is 0 Å². The van der Waals surface area contributed by atoms with Crippen molar-refractivity contribution in [3.05, 3.63) is 20.3 Å². The Labute approximate surface area is 119 Å². The van der Waals surface area contributed by atoms with Gasteiger partial charge in [0.05, 0.1) is 6.33 Å². The number of rotatable bonds is 3. The van der Waals surface area contributed by atoms with Gasteiger partial charge in [0, 0.05) is 11.9 Å². The fraction of sp³-hybridized carbons (Fsp3) is 0.636. The molecule has 1 saturated carbocycles. The van der Waals surface area contributed by atoms with Crippen LogP contribution in [0.1, 0.15) is 25.7 Å². The van der Waals surface area contributed by atoms with Crippen molar-refractivity contribution in [2.75, 3.05) is 11.9 Å². The van der Waals surface area contributed by atoms with Gasteiger partial charge >= 0.3 is 0 Å². The van der Waals surface area contributed by atoms with E-state index >= 15 is 0 Å². The molecule has 0 aromatic carbocycles. The molecule has 1 aliphatic rings. The van der Waals surface area contributed by atoms with Gasteiger partial charge in [-0.2, -0.15) is 0 Å². The van der Waals surface area contributed by atoms with Crippen molar-refractivity contribution >= 4 is 40.0 Å². The molecule has 17 heavy (non-hydrogen) atoms. The number of nitrogens with one attached hydrogen (secondary N) is 2. The Balaban J connectivity index is 1.93. The molecule has 4 nitrogen and oxygen atoms in total. The van der Waals surface area contributed by atoms with E-state index < -0.39 is 0 Å². The summed E-state index contributed by atoms with van der Waals surface area (Å²) in [6.07, 6.45) is 6.00. The number of alkyl halides is 1. The number of hydrogen-bond acceptors (Lipinski definition) is 3. The maximum absolute atomic E-state index is 11.4. The van der Waals surface area contributed by atoms with E-state index in [4.69, 9.17) is 11.6 Å². The van der Waals surface area contributed by atoms with Gasteiger partial charge in [0.2, 0.25) is 0 Å². The van der Waals surface area contributed by atoms with Crippen LogP contribution in [0.2, 0.25) is 0 Å². The molecule has 1 aliphatic carbocycles. The number of aromatic nitrogens is 2. The Morgan fingerprint density at radius 1 is 1.59 bits per heavy atom. The smallest absolute Gasteiger partial charge is 0.266 e. The van der Waals surface area contributed by atoms with Gasteiger partial charge in [-0.15, -0.1) is 11.6 Å². The fourth-order valence-electron chi connectivity index (χ4n) is 2.16. The van der Waals surface area contributed by atoms with Gasteiger partial charge in [0.15, 0.2) is 0 Å². The largest absolute Gasteiger partial charge is 0.369 e. The Bertz CT molecular complexity index is 437. The lowest BCUT2D eigenvalue weighted by atomic mass is 9.89. The first-order valence-corrected chi connectivity index (χ1v) is 7.29. The number of aromatic amines is 1. The Kier molecular flexibility index (Phi) is 4.67. The molecule has 2 rings (SSSR count). The number of halogens is 2. The van der Waals surface area contributed by atoms with E-state index in [2.05, 4.69) is 15.3 Å². The normalized spacial score (nSPS) is 24.6. The second-order valence-corrected chi connectivity index (χ2v) is 6.10. The maximum Gasteiger partial charge on any atom is 0.266 e. The highest BCUT2D eigenvalue weighted by Crippen LogP contribution is 2.28. The van der Waals surface area contributed by atoms with Crippen LogP contribution < -0.4 is 10.9 Å². The number of H-pyrrole nitrogens is 1. The maximum atomic E-state index is 11.4. The number of nitrogens with zero attached hydrogens (tertiary/aromatic N) is 1. The molecule has 1 heterocycles. The van der Waals surface area contributed by atoms with Crippen LogP contribution in [0.3, 0.4) is 0 Å². The Morgan fingerprint density at radius 3 is 3.18 bits per heavy atom. The van der Waals surface area contributed by atoms with Gasteiger partial charge in [0.1, 0.15) is 9.39 Å². The highest BCUT2D eigenvalue weighted by molar-refractivity contribution is 14.1. The molecule has 2 N–H and O–H groups in total. The molecule has 1 aromatic rings. The predicted molar refractivity (Wildman–Crippen MR) is 77.7 cm³/mol. The van der Waals surface area contributed by atoms with Gasteiger partial charge < -0.3 is 10.3 Å². The molecule has 0 spiro atoms. The SMILES string of the molecule is O=c1[nH]cnc(NCC2CCCC(Cl)C2)c1I.